The average molecular weight is 678 g/mol. The molecule has 0 aliphatic heterocycles. The molecule has 0 saturated carbocycles. The van der Waals surface area contributed by atoms with Gasteiger partial charge in [-0.15, -0.1) is 6.08 Å². The fourth-order valence-electron chi connectivity index (χ4n) is 2.68. The number of aliphatic carboxylic acids is 1. The Balaban J connectivity index is -0.000000247. The van der Waals surface area contributed by atoms with Gasteiger partial charge in [-0.3, -0.25) is 0 Å². The van der Waals surface area contributed by atoms with Gasteiger partial charge in [-0.1, -0.05) is 114 Å². The molecular weight excluding hydrogens is 630 g/mol. The predicted molar refractivity (Wildman–Crippen MR) is 183 cm³/mol. The van der Waals surface area contributed by atoms with E-state index < -0.39 is 5.97 Å². The van der Waals surface area contributed by atoms with E-state index in [2.05, 4.69) is 0 Å². The van der Waals surface area contributed by atoms with E-state index >= 15 is 0 Å². The van der Waals surface area contributed by atoms with E-state index in [0.29, 0.717) is 24.4 Å². The minimum Gasteiger partial charge on any atom is -0.870 e. The number of esters is 2. The first-order chi connectivity index (χ1) is 21.4. The van der Waals surface area contributed by atoms with Crippen LogP contribution >= 0.6 is 0 Å². The summed E-state index contributed by atoms with van der Waals surface area (Å²) >= 11 is 0. The molecule has 48 heavy (non-hydrogen) atoms. The summed E-state index contributed by atoms with van der Waals surface area (Å²) in [7, 11) is 0. The number of carboxylic acids is 1. The maximum atomic E-state index is 11.4. The Labute approximate surface area is 331 Å². The molecule has 0 rings (SSSR count). The first-order valence-corrected chi connectivity index (χ1v) is 14.4. The number of hydrogen-bond acceptors (Lipinski definition) is 8. The Bertz CT molecular complexity index is 1350. The Morgan fingerprint density at radius 3 is 1.35 bits per heavy atom. The summed E-state index contributed by atoms with van der Waals surface area (Å²) in [6, 6.07) is 0. The molecule has 0 aliphatic carbocycles. The zero-order chi connectivity index (χ0) is 34.5. The van der Waals surface area contributed by atoms with Gasteiger partial charge in [0.1, 0.15) is 0 Å². The van der Waals surface area contributed by atoms with Gasteiger partial charge in [0.25, 0.3) is 0 Å². The standard InChI is InChI=1S/C21H28O4.C17H19O3.2Na.H2O/c1-6-24-20(22)16-15-18(4)12-9-8-11-17(3)13-10-14-19(5)21(23)25-7-2;1-14(9-6-10-16(3)13-18)7-4-5-8-15(2)11-12-17(19)20;;;/h8-16H,6-7H2,1-5H3;4-12H,1-3H3,(H,19,20);;;1H2/q;-1;2*+1;/p-2/b9-8+,13-10+,16-15+,17-11+,18-12+,19-14+;5-4+,9-6+,12-11+,14-7+,15-8+,16-10+;;;. The van der Waals surface area contributed by atoms with Crippen molar-refractivity contribution in [2.24, 2.45) is 0 Å². The second-order valence-corrected chi connectivity index (χ2v) is 9.39. The van der Waals surface area contributed by atoms with E-state index in [1.807, 2.05) is 81.5 Å². The van der Waals surface area contributed by atoms with Crippen LogP contribution in [-0.4, -0.2) is 42.9 Å². The number of carbonyl (C=O) groups excluding carboxylic acids is 4. The van der Waals surface area contributed by atoms with E-state index in [1.165, 1.54) is 12.2 Å². The number of ether oxygens (including phenoxy) is 2. The van der Waals surface area contributed by atoms with Crippen LogP contribution in [0.15, 0.2) is 143 Å². The molecule has 0 aromatic carbocycles. The quantitative estimate of drug-likeness (QED) is 0.0769. The normalized spacial score (nSPS) is 13.3. The second-order valence-electron chi connectivity index (χ2n) is 9.39. The third-order valence-electron chi connectivity index (χ3n) is 5.08. The minimum atomic E-state index is -1.21. The second kappa shape index (κ2) is 36.8. The van der Waals surface area contributed by atoms with Crippen molar-refractivity contribution >= 4 is 24.2 Å². The molecule has 0 saturated heterocycles. The van der Waals surface area contributed by atoms with Crippen LogP contribution in [0, 0.1) is 0 Å². The van der Waals surface area contributed by atoms with Gasteiger partial charge < -0.3 is 29.6 Å². The van der Waals surface area contributed by atoms with Crippen molar-refractivity contribution in [2.75, 3.05) is 13.2 Å². The van der Waals surface area contributed by atoms with Crippen molar-refractivity contribution in [3.8, 4) is 0 Å². The van der Waals surface area contributed by atoms with Crippen LogP contribution < -0.4 is 64.2 Å². The summed E-state index contributed by atoms with van der Waals surface area (Å²) in [5.74, 6) is -1.85. The molecule has 0 fully saturated rings. The maximum Gasteiger partial charge on any atom is 1.00 e. The van der Waals surface area contributed by atoms with Crippen LogP contribution in [0.3, 0.4) is 0 Å². The molecule has 0 spiro atoms. The van der Waals surface area contributed by atoms with Crippen LogP contribution in [0.1, 0.15) is 55.4 Å². The summed E-state index contributed by atoms with van der Waals surface area (Å²) < 4.78 is 9.71. The number of carbonyl (C=O) groups is 3. The van der Waals surface area contributed by atoms with Gasteiger partial charge in [0.2, 0.25) is 0 Å². The zero-order valence-corrected chi connectivity index (χ0v) is 34.1. The molecule has 0 radical (unpaired) electrons. The van der Waals surface area contributed by atoms with Crippen molar-refractivity contribution in [2.45, 2.75) is 55.4 Å². The van der Waals surface area contributed by atoms with Crippen LogP contribution in [0.25, 0.3) is 0 Å². The molecule has 0 atom stereocenters. The van der Waals surface area contributed by atoms with Gasteiger partial charge in [0.05, 0.1) is 19.2 Å². The van der Waals surface area contributed by atoms with Crippen LogP contribution in [0.5, 0.6) is 0 Å². The molecule has 0 aliphatic rings. The third kappa shape index (κ3) is 37.4. The molecule has 10 heteroatoms. The van der Waals surface area contributed by atoms with Crippen molar-refractivity contribution in [1.82, 2.24) is 0 Å². The number of carboxylic acid groups (broad SMARTS) is 1. The van der Waals surface area contributed by atoms with Crippen LogP contribution in [0.2, 0.25) is 0 Å². The molecule has 250 valence electrons. The Morgan fingerprint density at radius 1 is 0.562 bits per heavy atom. The largest absolute Gasteiger partial charge is 1.00 e. The number of allylic oxidation sites excluding steroid dienone is 21. The maximum absolute atomic E-state index is 11.4. The van der Waals surface area contributed by atoms with Gasteiger partial charge in [0, 0.05) is 11.6 Å². The monoisotopic (exact) mass is 677 g/mol. The van der Waals surface area contributed by atoms with Gasteiger partial charge in [-0.25, -0.2) is 15.7 Å². The van der Waals surface area contributed by atoms with E-state index in [0.717, 1.165) is 28.4 Å². The molecule has 0 heterocycles. The van der Waals surface area contributed by atoms with E-state index in [9.17, 15) is 24.3 Å². The average Bonchev–Trinajstić information content (AvgIpc) is 2.99. The topological polar surface area (TPSA) is 140 Å². The fraction of sp³-hybridized carbons (Fsp3) is 0.263. The fourth-order valence-corrected chi connectivity index (χ4v) is 2.68. The Hall–Kier alpha value is -3.08. The summed E-state index contributed by atoms with van der Waals surface area (Å²) in [6.45, 7) is 15.3. The van der Waals surface area contributed by atoms with E-state index in [4.69, 9.17) is 9.47 Å². The third-order valence-corrected chi connectivity index (χ3v) is 5.08. The van der Waals surface area contributed by atoms with Crippen LogP contribution in [0.4, 0.5) is 0 Å². The van der Waals surface area contributed by atoms with Gasteiger partial charge in [0.15, 0.2) is 0 Å². The summed E-state index contributed by atoms with van der Waals surface area (Å²) in [6.07, 6.45) is 33.1. The smallest absolute Gasteiger partial charge is 0.870 e. The summed E-state index contributed by atoms with van der Waals surface area (Å²) in [5.41, 5.74) is 4.92. The molecule has 0 bridgehead atoms. The number of rotatable bonds is 16. The van der Waals surface area contributed by atoms with Crippen molar-refractivity contribution in [1.29, 1.82) is 0 Å². The van der Waals surface area contributed by atoms with E-state index in [1.54, 1.807) is 71.3 Å². The first kappa shape index (κ1) is 54.4. The SMILES string of the molecule is CCOC(=O)/C=C/C(C)=C/C=C/C=C(C)/C=C/C=C(\C)C(=O)OCC.C\C([C-]=O)=C/C=C/C(C)=C/C=C/C=C(C)/C=C/C(=O)[O-].[Na+].[Na+].[OH-]. The zero-order valence-electron chi connectivity index (χ0n) is 30.1. The van der Waals surface area contributed by atoms with E-state index in [-0.39, 0.29) is 76.5 Å². The van der Waals surface area contributed by atoms with Gasteiger partial charge in [-0.2, -0.15) is 5.57 Å². The van der Waals surface area contributed by atoms with Crippen molar-refractivity contribution in [3.63, 3.8) is 0 Å². The summed E-state index contributed by atoms with van der Waals surface area (Å²) in [5, 5.41) is 10.2. The molecule has 0 amide bonds. The summed E-state index contributed by atoms with van der Waals surface area (Å²) in [4.78, 5) is 43.1. The van der Waals surface area contributed by atoms with Gasteiger partial charge in [-0.05, 0) is 60.8 Å². The van der Waals surface area contributed by atoms with Crippen molar-refractivity contribution < 1.29 is 98.3 Å². The molecular formula is C38H47Na2O8-. The minimum absolute atomic E-state index is 0. The molecule has 0 unspecified atom stereocenters. The Morgan fingerprint density at radius 2 is 0.958 bits per heavy atom. The molecule has 0 aromatic heterocycles. The first-order valence-electron chi connectivity index (χ1n) is 14.4. The number of hydrogen-bond donors (Lipinski definition) is 0. The molecule has 0 aromatic rings. The van der Waals surface area contributed by atoms with Crippen LogP contribution in [-0.2, 0) is 28.7 Å². The predicted octanol–water partition coefficient (Wildman–Crippen LogP) is 0.805. The Kier molecular flexibility index (Phi) is 41.6. The molecule has 8 nitrogen and oxygen atoms in total. The molecule has 1 N–H and O–H groups in total. The van der Waals surface area contributed by atoms with Crippen molar-refractivity contribution in [3.05, 3.63) is 143 Å². The van der Waals surface area contributed by atoms with Gasteiger partial charge >= 0.3 is 71.1 Å².